The first kappa shape index (κ1) is 15.4. The standard InChI is InChI=1S/C12H16N2O3.Na/c1-2-12(8-6-4-3-5-7-8)9(15)13-11(17)14-10(12)16;/h6H,2-5,7H2,1H3,(H2,13,14,15,16,17);. The maximum atomic E-state index is 12.0. The number of imide groups is 2. The van der Waals surface area contributed by atoms with Crippen molar-refractivity contribution in [3.05, 3.63) is 11.6 Å². The Hall–Kier alpha value is -0.650. The molecule has 1 radical (unpaired) electrons. The third-order valence-electron chi connectivity index (χ3n) is 3.60. The summed E-state index contributed by atoms with van der Waals surface area (Å²) in [4.78, 5) is 35.2. The second kappa shape index (κ2) is 5.99. The quantitative estimate of drug-likeness (QED) is 0.439. The van der Waals surface area contributed by atoms with Gasteiger partial charge in [0, 0.05) is 29.6 Å². The Morgan fingerprint density at radius 3 is 2.22 bits per heavy atom. The molecule has 5 nitrogen and oxygen atoms in total. The van der Waals surface area contributed by atoms with Crippen molar-refractivity contribution in [3.63, 3.8) is 0 Å². The molecule has 1 aliphatic carbocycles. The monoisotopic (exact) mass is 259 g/mol. The molecule has 0 saturated carbocycles. The molecule has 4 amide bonds. The number of carbonyl (C=O) groups excluding carboxylic acids is 3. The molecule has 18 heavy (non-hydrogen) atoms. The molecule has 0 aromatic heterocycles. The van der Waals surface area contributed by atoms with Crippen molar-refractivity contribution in [1.82, 2.24) is 10.6 Å². The maximum Gasteiger partial charge on any atom is 0.328 e. The second-order valence-corrected chi connectivity index (χ2v) is 4.47. The van der Waals surface area contributed by atoms with Crippen LogP contribution in [0.1, 0.15) is 39.0 Å². The molecule has 0 spiro atoms. The van der Waals surface area contributed by atoms with Gasteiger partial charge in [0.1, 0.15) is 5.41 Å². The number of amides is 4. The van der Waals surface area contributed by atoms with Crippen molar-refractivity contribution in [2.75, 3.05) is 0 Å². The van der Waals surface area contributed by atoms with Crippen molar-refractivity contribution in [1.29, 1.82) is 0 Å². The Balaban J connectivity index is 0.00000162. The van der Waals surface area contributed by atoms with E-state index in [0.29, 0.717) is 6.42 Å². The van der Waals surface area contributed by atoms with Crippen molar-refractivity contribution in [2.45, 2.75) is 39.0 Å². The molecular formula is C12H16N2NaO3. The summed E-state index contributed by atoms with van der Waals surface area (Å²) in [5.41, 5.74) is -0.317. The van der Waals surface area contributed by atoms with Gasteiger partial charge in [-0.2, -0.15) is 0 Å². The largest absolute Gasteiger partial charge is 0.328 e. The molecule has 0 aromatic carbocycles. The van der Waals surface area contributed by atoms with Crippen LogP contribution in [0.5, 0.6) is 0 Å². The van der Waals surface area contributed by atoms with E-state index in [1.54, 1.807) is 6.92 Å². The molecule has 0 unspecified atom stereocenters. The van der Waals surface area contributed by atoms with Gasteiger partial charge in [-0.15, -0.1) is 0 Å². The van der Waals surface area contributed by atoms with Crippen LogP contribution >= 0.6 is 0 Å². The van der Waals surface area contributed by atoms with Gasteiger partial charge in [0.15, 0.2) is 0 Å². The zero-order chi connectivity index (χ0) is 12.5. The minimum atomic E-state index is -1.17. The van der Waals surface area contributed by atoms with Crippen LogP contribution in [-0.4, -0.2) is 47.4 Å². The zero-order valence-electron chi connectivity index (χ0n) is 10.8. The summed E-state index contributed by atoms with van der Waals surface area (Å²) < 4.78 is 0. The fourth-order valence-electron chi connectivity index (χ4n) is 2.62. The number of carbonyl (C=O) groups is 3. The third-order valence-corrected chi connectivity index (χ3v) is 3.60. The first-order valence-electron chi connectivity index (χ1n) is 5.97. The van der Waals surface area contributed by atoms with Gasteiger partial charge in [-0.25, -0.2) is 4.79 Å². The summed E-state index contributed by atoms with van der Waals surface area (Å²) in [5, 5.41) is 4.40. The summed E-state index contributed by atoms with van der Waals surface area (Å²) in [6, 6.07) is -0.722. The number of nitrogens with one attached hydrogen (secondary N) is 2. The van der Waals surface area contributed by atoms with Crippen LogP contribution in [0, 0.1) is 5.41 Å². The summed E-state index contributed by atoms with van der Waals surface area (Å²) in [6.45, 7) is 1.80. The van der Waals surface area contributed by atoms with Crippen LogP contribution in [0.3, 0.4) is 0 Å². The van der Waals surface area contributed by atoms with E-state index < -0.39 is 23.3 Å². The Kier molecular flexibility index (Phi) is 5.13. The molecule has 2 N–H and O–H groups in total. The normalized spacial score (nSPS) is 22.5. The molecule has 6 heteroatoms. The molecule has 0 bridgehead atoms. The fourth-order valence-corrected chi connectivity index (χ4v) is 2.62. The van der Waals surface area contributed by atoms with Gasteiger partial charge < -0.3 is 0 Å². The minimum Gasteiger partial charge on any atom is -0.277 e. The van der Waals surface area contributed by atoms with E-state index in [0.717, 1.165) is 31.3 Å². The van der Waals surface area contributed by atoms with E-state index in [1.807, 2.05) is 6.08 Å². The Labute approximate surface area is 128 Å². The van der Waals surface area contributed by atoms with E-state index in [4.69, 9.17) is 0 Å². The van der Waals surface area contributed by atoms with Crippen molar-refractivity contribution < 1.29 is 14.4 Å². The molecule has 1 heterocycles. The summed E-state index contributed by atoms with van der Waals surface area (Å²) in [7, 11) is 0. The Bertz CT molecular complexity index is 398. The fraction of sp³-hybridized carbons (Fsp3) is 0.583. The third kappa shape index (κ3) is 2.39. The van der Waals surface area contributed by atoms with Gasteiger partial charge >= 0.3 is 6.03 Å². The number of hydrogen-bond acceptors (Lipinski definition) is 3. The summed E-state index contributed by atoms with van der Waals surface area (Å²) >= 11 is 0. The molecule has 2 aliphatic rings. The van der Waals surface area contributed by atoms with Gasteiger partial charge in [-0.1, -0.05) is 13.0 Å². The topological polar surface area (TPSA) is 75.3 Å². The van der Waals surface area contributed by atoms with E-state index in [1.165, 1.54) is 0 Å². The van der Waals surface area contributed by atoms with Crippen LogP contribution in [0.4, 0.5) is 4.79 Å². The van der Waals surface area contributed by atoms with Crippen LogP contribution in [0.25, 0.3) is 0 Å². The number of rotatable bonds is 2. The first-order chi connectivity index (χ1) is 8.11. The SMILES string of the molecule is CCC1(C2=CCCCC2)C(=O)NC(=O)NC1=O.[Na]. The van der Waals surface area contributed by atoms with Gasteiger partial charge in [-0.3, -0.25) is 20.2 Å². The Morgan fingerprint density at radius 1 is 1.17 bits per heavy atom. The predicted octanol–water partition coefficient (Wildman–Crippen LogP) is 0.868. The number of hydrogen-bond donors (Lipinski definition) is 2. The number of allylic oxidation sites excluding steroid dienone is 1. The first-order valence-corrected chi connectivity index (χ1v) is 5.97. The van der Waals surface area contributed by atoms with Crippen LogP contribution in [0.15, 0.2) is 11.6 Å². The van der Waals surface area contributed by atoms with Crippen molar-refractivity contribution >= 4 is 47.4 Å². The second-order valence-electron chi connectivity index (χ2n) is 4.47. The molecule has 2 rings (SSSR count). The molecule has 1 aliphatic heterocycles. The van der Waals surface area contributed by atoms with Gasteiger partial charge in [0.2, 0.25) is 11.8 Å². The molecule has 1 saturated heterocycles. The van der Waals surface area contributed by atoms with Gasteiger partial charge in [0.25, 0.3) is 0 Å². The molecule has 0 atom stereocenters. The van der Waals surface area contributed by atoms with E-state index in [2.05, 4.69) is 10.6 Å². The smallest absolute Gasteiger partial charge is 0.277 e. The van der Waals surface area contributed by atoms with E-state index in [9.17, 15) is 14.4 Å². The van der Waals surface area contributed by atoms with Crippen LogP contribution in [-0.2, 0) is 9.59 Å². The summed E-state index contributed by atoms with van der Waals surface area (Å²) in [5.74, 6) is -0.969. The van der Waals surface area contributed by atoms with Gasteiger partial charge in [0.05, 0.1) is 0 Å². The molecular weight excluding hydrogens is 243 g/mol. The molecule has 0 aromatic rings. The maximum absolute atomic E-state index is 12.0. The Morgan fingerprint density at radius 2 is 1.78 bits per heavy atom. The van der Waals surface area contributed by atoms with E-state index in [-0.39, 0.29) is 29.6 Å². The average molecular weight is 259 g/mol. The number of barbiturate groups is 1. The van der Waals surface area contributed by atoms with Crippen molar-refractivity contribution in [3.8, 4) is 0 Å². The van der Waals surface area contributed by atoms with Gasteiger partial charge in [-0.05, 0) is 37.7 Å². The number of urea groups is 1. The van der Waals surface area contributed by atoms with Crippen LogP contribution in [0.2, 0.25) is 0 Å². The van der Waals surface area contributed by atoms with Crippen molar-refractivity contribution in [2.24, 2.45) is 5.41 Å². The molecule has 93 valence electrons. The zero-order valence-corrected chi connectivity index (χ0v) is 12.8. The minimum absolute atomic E-state index is 0. The van der Waals surface area contributed by atoms with E-state index >= 15 is 0 Å². The molecule has 1 fully saturated rings. The summed E-state index contributed by atoms with van der Waals surface area (Å²) in [6.07, 6.45) is 6.08. The average Bonchev–Trinajstić information content (AvgIpc) is 2.30. The van der Waals surface area contributed by atoms with Crippen LogP contribution < -0.4 is 10.6 Å². The predicted molar refractivity (Wildman–Crippen MR) is 66.7 cm³/mol.